The zero-order chi connectivity index (χ0) is 13.1. The van der Waals surface area contributed by atoms with E-state index in [9.17, 15) is 9.18 Å². The molecule has 17 heavy (non-hydrogen) atoms. The molecule has 1 aromatic carbocycles. The molecule has 0 aliphatic carbocycles. The van der Waals surface area contributed by atoms with Crippen LogP contribution in [0.2, 0.25) is 0 Å². The molecule has 0 spiro atoms. The Balaban J connectivity index is 2.83. The number of methoxy groups -OCH3 is 1. The Morgan fingerprint density at radius 1 is 1.53 bits per heavy atom. The second-order valence-electron chi connectivity index (χ2n) is 4.51. The summed E-state index contributed by atoms with van der Waals surface area (Å²) in [5.74, 6) is -1.11. The molecule has 0 atom stereocenters. The maximum atomic E-state index is 13.5. The number of nitrogens with one attached hydrogen (secondary N) is 1. The van der Waals surface area contributed by atoms with Gasteiger partial charge in [0.2, 0.25) is 0 Å². The van der Waals surface area contributed by atoms with Crippen LogP contribution in [0.15, 0.2) is 18.2 Å². The van der Waals surface area contributed by atoms with Gasteiger partial charge in [0, 0.05) is 12.8 Å². The molecule has 1 amide bonds. The average molecular weight is 240 g/mol. The molecule has 0 fully saturated rings. The number of carbonyl (C=O) groups excluding carboxylic acids is 1. The van der Waals surface area contributed by atoms with Gasteiger partial charge in [0.1, 0.15) is 5.82 Å². The number of carbonyl (C=O) groups is 1. The average Bonchev–Trinajstić information content (AvgIpc) is 2.15. The lowest BCUT2D eigenvalue weighted by Crippen LogP contribution is -2.47. The summed E-state index contributed by atoms with van der Waals surface area (Å²) in [6, 6.07) is 3.97. The zero-order valence-corrected chi connectivity index (χ0v) is 10.2. The maximum absolute atomic E-state index is 13.5. The van der Waals surface area contributed by atoms with Crippen molar-refractivity contribution in [3.05, 3.63) is 29.6 Å². The van der Waals surface area contributed by atoms with Gasteiger partial charge in [-0.2, -0.15) is 0 Å². The lowest BCUT2D eigenvalue weighted by Gasteiger charge is -2.25. The van der Waals surface area contributed by atoms with Crippen LogP contribution < -0.4 is 11.1 Å². The predicted molar refractivity (Wildman–Crippen MR) is 64.2 cm³/mol. The Morgan fingerprint density at radius 3 is 2.71 bits per heavy atom. The Morgan fingerprint density at radius 2 is 2.18 bits per heavy atom. The van der Waals surface area contributed by atoms with Crippen molar-refractivity contribution in [3.63, 3.8) is 0 Å². The fraction of sp³-hybridized carbons (Fsp3) is 0.417. The van der Waals surface area contributed by atoms with Crippen molar-refractivity contribution < 1.29 is 13.9 Å². The molecule has 5 heteroatoms. The van der Waals surface area contributed by atoms with E-state index in [1.165, 1.54) is 19.2 Å². The van der Waals surface area contributed by atoms with Crippen LogP contribution in [0.4, 0.5) is 10.1 Å². The third-order valence-electron chi connectivity index (χ3n) is 2.19. The van der Waals surface area contributed by atoms with E-state index in [-0.39, 0.29) is 11.3 Å². The van der Waals surface area contributed by atoms with Crippen molar-refractivity contribution in [1.82, 2.24) is 5.32 Å². The van der Waals surface area contributed by atoms with E-state index in [1.807, 2.05) is 0 Å². The fourth-order valence-corrected chi connectivity index (χ4v) is 1.49. The summed E-state index contributed by atoms with van der Waals surface area (Å²) in [4.78, 5) is 11.8. The van der Waals surface area contributed by atoms with Crippen LogP contribution in [-0.4, -0.2) is 25.2 Å². The first kappa shape index (κ1) is 13.4. The van der Waals surface area contributed by atoms with Gasteiger partial charge in [0.05, 0.1) is 17.7 Å². The summed E-state index contributed by atoms with van der Waals surface area (Å²) in [6.45, 7) is 3.93. The van der Waals surface area contributed by atoms with Gasteiger partial charge in [0.25, 0.3) is 5.91 Å². The van der Waals surface area contributed by atoms with Crippen LogP contribution >= 0.6 is 0 Å². The number of rotatable bonds is 4. The molecule has 0 unspecified atom stereocenters. The lowest BCUT2D eigenvalue weighted by atomic mass is 10.1. The second kappa shape index (κ2) is 5.14. The van der Waals surface area contributed by atoms with Gasteiger partial charge >= 0.3 is 0 Å². The number of anilines is 1. The minimum atomic E-state index is -0.629. The zero-order valence-electron chi connectivity index (χ0n) is 10.2. The largest absolute Gasteiger partial charge is 0.399 e. The van der Waals surface area contributed by atoms with Gasteiger partial charge in [-0.15, -0.1) is 0 Å². The predicted octanol–water partition coefficient (Wildman–Crippen LogP) is 1.56. The molecule has 0 aromatic heterocycles. The monoisotopic (exact) mass is 240 g/mol. The Kier molecular flexibility index (Phi) is 4.07. The van der Waals surface area contributed by atoms with Gasteiger partial charge in [-0.3, -0.25) is 4.79 Å². The van der Waals surface area contributed by atoms with Crippen molar-refractivity contribution in [1.29, 1.82) is 0 Å². The highest BCUT2D eigenvalue weighted by atomic mass is 19.1. The highest BCUT2D eigenvalue weighted by Gasteiger charge is 2.22. The molecule has 1 rings (SSSR count). The number of hydrogen-bond donors (Lipinski definition) is 2. The van der Waals surface area contributed by atoms with Crippen molar-refractivity contribution >= 4 is 11.6 Å². The topological polar surface area (TPSA) is 64.3 Å². The highest BCUT2D eigenvalue weighted by Crippen LogP contribution is 2.13. The van der Waals surface area contributed by atoms with Crippen LogP contribution in [0.25, 0.3) is 0 Å². The smallest absolute Gasteiger partial charge is 0.254 e. The molecule has 1 aromatic rings. The van der Waals surface area contributed by atoms with Crippen molar-refractivity contribution in [2.75, 3.05) is 19.5 Å². The minimum Gasteiger partial charge on any atom is -0.399 e. The van der Waals surface area contributed by atoms with Crippen LogP contribution in [0.5, 0.6) is 0 Å². The summed E-state index contributed by atoms with van der Waals surface area (Å²) in [6.07, 6.45) is 0. The Labute approximate surface area is 100.0 Å². The third-order valence-corrected chi connectivity index (χ3v) is 2.19. The molecule has 0 saturated heterocycles. The molecule has 0 heterocycles. The molecule has 0 bridgehead atoms. The summed E-state index contributed by atoms with van der Waals surface area (Å²) in [7, 11) is 1.54. The van der Waals surface area contributed by atoms with Crippen LogP contribution in [-0.2, 0) is 4.74 Å². The molecular weight excluding hydrogens is 223 g/mol. The standard InChI is InChI=1S/C12H17FN2O2/c1-12(2,7-17-3)15-11(16)9-5-4-8(14)6-10(9)13/h4-6H,7,14H2,1-3H3,(H,15,16). The number of hydrogen-bond acceptors (Lipinski definition) is 3. The van der Waals surface area contributed by atoms with E-state index < -0.39 is 17.3 Å². The molecule has 0 saturated carbocycles. The van der Waals surface area contributed by atoms with Crippen molar-refractivity contribution in [2.45, 2.75) is 19.4 Å². The number of amides is 1. The van der Waals surface area contributed by atoms with E-state index in [0.29, 0.717) is 6.61 Å². The van der Waals surface area contributed by atoms with Crippen molar-refractivity contribution in [3.8, 4) is 0 Å². The number of ether oxygens (including phenoxy) is 1. The van der Waals surface area contributed by atoms with E-state index in [0.717, 1.165) is 6.07 Å². The van der Waals surface area contributed by atoms with Gasteiger partial charge in [0.15, 0.2) is 0 Å². The molecule has 3 N–H and O–H groups in total. The molecule has 4 nitrogen and oxygen atoms in total. The van der Waals surface area contributed by atoms with Gasteiger partial charge in [-0.05, 0) is 32.0 Å². The number of halogens is 1. The highest BCUT2D eigenvalue weighted by molar-refractivity contribution is 5.95. The van der Waals surface area contributed by atoms with Gasteiger partial charge in [-0.1, -0.05) is 0 Å². The van der Waals surface area contributed by atoms with Crippen molar-refractivity contribution in [2.24, 2.45) is 0 Å². The number of nitrogens with two attached hydrogens (primary N) is 1. The quantitative estimate of drug-likeness (QED) is 0.785. The van der Waals surface area contributed by atoms with E-state index >= 15 is 0 Å². The SMILES string of the molecule is COCC(C)(C)NC(=O)c1ccc(N)cc1F. The number of nitrogen functional groups attached to an aromatic ring is 1. The lowest BCUT2D eigenvalue weighted by molar-refractivity contribution is 0.0816. The Bertz CT molecular complexity index is 419. The second-order valence-corrected chi connectivity index (χ2v) is 4.51. The first-order valence-corrected chi connectivity index (χ1v) is 5.22. The molecule has 0 aliphatic heterocycles. The Hall–Kier alpha value is -1.62. The summed E-state index contributed by atoms with van der Waals surface area (Å²) < 4.78 is 18.5. The summed E-state index contributed by atoms with van der Waals surface area (Å²) in [5, 5.41) is 2.69. The van der Waals surface area contributed by atoms with E-state index in [2.05, 4.69) is 5.32 Å². The normalized spacial score (nSPS) is 11.3. The first-order valence-electron chi connectivity index (χ1n) is 5.22. The molecule has 0 radical (unpaired) electrons. The minimum absolute atomic E-state index is 0.0246. The van der Waals surface area contributed by atoms with E-state index in [1.54, 1.807) is 13.8 Å². The first-order chi connectivity index (χ1) is 7.85. The van der Waals surface area contributed by atoms with Crippen LogP contribution in [0, 0.1) is 5.82 Å². The fourth-order valence-electron chi connectivity index (χ4n) is 1.49. The van der Waals surface area contributed by atoms with Gasteiger partial charge in [-0.25, -0.2) is 4.39 Å². The third kappa shape index (κ3) is 3.71. The van der Waals surface area contributed by atoms with Crippen LogP contribution in [0.3, 0.4) is 0 Å². The van der Waals surface area contributed by atoms with Crippen LogP contribution in [0.1, 0.15) is 24.2 Å². The molecule has 94 valence electrons. The summed E-state index contributed by atoms with van der Waals surface area (Å²) in [5.41, 5.74) is 5.12. The maximum Gasteiger partial charge on any atom is 0.254 e. The molecule has 0 aliphatic rings. The van der Waals surface area contributed by atoms with Gasteiger partial charge < -0.3 is 15.8 Å². The number of benzene rings is 1. The van der Waals surface area contributed by atoms with E-state index in [4.69, 9.17) is 10.5 Å². The molecular formula is C12H17FN2O2. The summed E-state index contributed by atoms with van der Waals surface area (Å²) >= 11 is 0.